The molecule has 0 aliphatic rings. The third-order valence-corrected chi connectivity index (χ3v) is 2.36. The highest BCUT2D eigenvalue weighted by molar-refractivity contribution is 5.94. The first-order valence-corrected chi connectivity index (χ1v) is 5.42. The number of aliphatic hydroxyl groups is 1. The zero-order chi connectivity index (χ0) is 12.8. The van der Waals surface area contributed by atoms with Crippen molar-refractivity contribution in [2.24, 2.45) is 0 Å². The highest BCUT2D eigenvalue weighted by Crippen LogP contribution is 2.12. The van der Waals surface area contributed by atoms with Gasteiger partial charge in [0.25, 0.3) is 5.91 Å². The van der Waals surface area contributed by atoms with Crippen LogP contribution in [0.1, 0.15) is 30.1 Å². The van der Waals surface area contributed by atoms with E-state index in [2.05, 4.69) is 5.32 Å². The number of halogens is 2. The maximum atomic E-state index is 13.3. The second kappa shape index (κ2) is 6.30. The van der Waals surface area contributed by atoms with Crippen LogP contribution < -0.4 is 5.32 Å². The van der Waals surface area contributed by atoms with Crippen molar-refractivity contribution in [2.75, 3.05) is 6.61 Å². The van der Waals surface area contributed by atoms with E-state index >= 15 is 0 Å². The monoisotopic (exact) mass is 243 g/mol. The predicted octanol–water partition coefficient (Wildman–Crippen LogP) is 1.86. The summed E-state index contributed by atoms with van der Waals surface area (Å²) < 4.78 is 26.5. The molecule has 94 valence electrons. The molecular formula is C12H15F2NO2. The molecule has 0 radical (unpaired) electrons. The standard InChI is InChI=1S/C12H15F2NO2/c1-8(4-3-7-16)15-12(17)11-9(13)5-2-6-10(11)14/h2,5-6,8,16H,3-4,7H2,1H3,(H,15,17). The number of aliphatic hydroxyl groups excluding tert-OH is 1. The van der Waals surface area contributed by atoms with Crippen molar-refractivity contribution < 1.29 is 18.7 Å². The molecule has 0 aliphatic heterocycles. The zero-order valence-electron chi connectivity index (χ0n) is 9.54. The van der Waals surface area contributed by atoms with E-state index < -0.39 is 23.1 Å². The molecule has 3 nitrogen and oxygen atoms in total. The lowest BCUT2D eigenvalue weighted by Crippen LogP contribution is -2.33. The maximum absolute atomic E-state index is 13.3. The Labute approximate surface area is 98.5 Å². The number of benzene rings is 1. The summed E-state index contributed by atoms with van der Waals surface area (Å²) in [6.45, 7) is 1.74. The summed E-state index contributed by atoms with van der Waals surface area (Å²) in [4.78, 5) is 11.6. The zero-order valence-corrected chi connectivity index (χ0v) is 9.54. The Morgan fingerprint density at radius 3 is 2.53 bits per heavy atom. The lowest BCUT2D eigenvalue weighted by molar-refractivity contribution is 0.0928. The highest BCUT2D eigenvalue weighted by atomic mass is 19.1. The number of carbonyl (C=O) groups is 1. The van der Waals surface area contributed by atoms with Crippen molar-refractivity contribution in [2.45, 2.75) is 25.8 Å². The molecule has 0 fully saturated rings. The van der Waals surface area contributed by atoms with Crippen LogP contribution in [0.25, 0.3) is 0 Å². The Hall–Kier alpha value is -1.49. The molecule has 0 heterocycles. The van der Waals surface area contributed by atoms with Gasteiger partial charge in [0.15, 0.2) is 0 Å². The second-order valence-electron chi connectivity index (χ2n) is 3.84. The van der Waals surface area contributed by atoms with E-state index in [9.17, 15) is 13.6 Å². The predicted molar refractivity (Wildman–Crippen MR) is 59.6 cm³/mol. The van der Waals surface area contributed by atoms with Crippen LogP contribution >= 0.6 is 0 Å². The first-order valence-electron chi connectivity index (χ1n) is 5.42. The highest BCUT2D eigenvalue weighted by Gasteiger charge is 2.18. The van der Waals surface area contributed by atoms with E-state index in [-0.39, 0.29) is 12.6 Å². The molecule has 0 spiro atoms. The Bertz CT molecular complexity index is 376. The molecular weight excluding hydrogens is 228 g/mol. The summed E-state index contributed by atoms with van der Waals surface area (Å²) in [6.07, 6.45) is 1.08. The quantitative estimate of drug-likeness (QED) is 0.829. The summed E-state index contributed by atoms with van der Waals surface area (Å²) in [5.74, 6) is -2.53. The molecule has 5 heteroatoms. The summed E-state index contributed by atoms with van der Waals surface area (Å²) in [5, 5.41) is 11.1. The Morgan fingerprint density at radius 1 is 1.41 bits per heavy atom. The van der Waals surface area contributed by atoms with Gasteiger partial charge >= 0.3 is 0 Å². The molecule has 0 saturated heterocycles. The number of rotatable bonds is 5. The minimum absolute atomic E-state index is 0.0221. The van der Waals surface area contributed by atoms with Crippen LogP contribution in [0.2, 0.25) is 0 Å². The van der Waals surface area contributed by atoms with Crippen molar-refractivity contribution in [3.8, 4) is 0 Å². The molecule has 0 saturated carbocycles. The maximum Gasteiger partial charge on any atom is 0.257 e. The number of nitrogens with one attached hydrogen (secondary N) is 1. The van der Waals surface area contributed by atoms with Gasteiger partial charge in [-0.3, -0.25) is 4.79 Å². The number of hydrogen-bond donors (Lipinski definition) is 2. The summed E-state index contributed by atoms with van der Waals surface area (Å²) in [6, 6.07) is 3.04. The first-order chi connectivity index (χ1) is 8.06. The van der Waals surface area contributed by atoms with Gasteiger partial charge < -0.3 is 10.4 Å². The van der Waals surface area contributed by atoms with Gasteiger partial charge in [0.2, 0.25) is 0 Å². The van der Waals surface area contributed by atoms with Crippen LogP contribution in [0.4, 0.5) is 8.78 Å². The van der Waals surface area contributed by atoms with Crippen molar-refractivity contribution in [3.05, 3.63) is 35.4 Å². The fourth-order valence-electron chi connectivity index (χ4n) is 1.48. The molecule has 17 heavy (non-hydrogen) atoms. The Kier molecular flexibility index (Phi) is 5.03. The van der Waals surface area contributed by atoms with Gasteiger partial charge in [-0.1, -0.05) is 6.07 Å². The van der Waals surface area contributed by atoms with E-state index in [1.54, 1.807) is 6.92 Å². The van der Waals surface area contributed by atoms with Crippen molar-refractivity contribution in [1.29, 1.82) is 0 Å². The number of carbonyl (C=O) groups excluding carboxylic acids is 1. The van der Waals surface area contributed by atoms with Gasteiger partial charge in [-0.2, -0.15) is 0 Å². The Balaban J connectivity index is 2.70. The average Bonchev–Trinajstić information content (AvgIpc) is 2.26. The van der Waals surface area contributed by atoms with E-state index in [4.69, 9.17) is 5.11 Å². The summed E-state index contributed by atoms with van der Waals surface area (Å²) in [7, 11) is 0. The van der Waals surface area contributed by atoms with Gasteiger partial charge in [-0.15, -0.1) is 0 Å². The van der Waals surface area contributed by atoms with Gasteiger partial charge in [0, 0.05) is 12.6 Å². The molecule has 2 N–H and O–H groups in total. The first kappa shape index (κ1) is 13.6. The van der Waals surface area contributed by atoms with Gasteiger partial charge in [-0.05, 0) is 31.9 Å². The Morgan fingerprint density at radius 2 is 2.00 bits per heavy atom. The smallest absolute Gasteiger partial charge is 0.257 e. The van der Waals surface area contributed by atoms with Crippen LogP contribution in [0.3, 0.4) is 0 Å². The lowest BCUT2D eigenvalue weighted by atomic mass is 10.1. The molecule has 0 bridgehead atoms. The number of hydrogen-bond acceptors (Lipinski definition) is 2. The van der Waals surface area contributed by atoms with Crippen LogP contribution in [-0.2, 0) is 0 Å². The summed E-state index contributed by atoms with van der Waals surface area (Å²) in [5.41, 5.74) is -0.566. The largest absolute Gasteiger partial charge is 0.396 e. The van der Waals surface area contributed by atoms with Crippen LogP contribution in [0, 0.1) is 11.6 Å². The van der Waals surface area contributed by atoms with E-state index in [0.29, 0.717) is 12.8 Å². The van der Waals surface area contributed by atoms with Crippen LogP contribution in [0.15, 0.2) is 18.2 Å². The molecule has 1 atom stereocenters. The summed E-state index contributed by atoms with van der Waals surface area (Å²) >= 11 is 0. The molecule has 1 rings (SSSR count). The average molecular weight is 243 g/mol. The molecule has 1 aromatic carbocycles. The fourth-order valence-corrected chi connectivity index (χ4v) is 1.48. The van der Waals surface area contributed by atoms with Crippen LogP contribution in [0.5, 0.6) is 0 Å². The van der Waals surface area contributed by atoms with Crippen LogP contribution in [-0.4, -0.2) is 23.7 Å². The third-order valence-electron chi connectivity index (χ3n) is 2.36. The molecule has 0 aliphatic carbocycles. The minimum Gasteiger partial charge on any atom is -0.396 e. The minimum atomic E-state index is -0.878. The van der Waals surface area contributed by atoms with Crippen molar-refractivity contribution in [1.82, 2.24) is 5.32 Å². The van der Waals surface area contributed by atoms with E-state index in [1.807, 2.05) is 0 Å². The molecule has 1 amide bonds. The van der Waals surface area contributed by atoms with Crippen molar-refractivity contribution >= 4 is 5.91 Å². The topological polar surface area (TPSA) is 49.3 Å². The molecule has 1 unspecified atom stereocenters. The third kappa shape index (κ3) is 3.78. The van der Waals surface area contributed by atoms with E-state index in [1.165, 1.54) is 6.07 Å². The lowest BCUT2D eigenvalue weighted by Gasteiger charge is -2.13. The van der Waals surface area contributed by atoms with Gasteiger partial charge in [0.1, 0.15) is 17.2 Å². The van der Waals surface area contributed by atoms with Gasteiger partial charge in [-0.25, -0.2) is 8.78 Å². The normalized spacial score (nSPS) is 12.2. The van der Waals surface area contributed by atoms with Crippen molar-refractivity contribution in [3.63, 3.8) is 0 Å². The SMILES string of the molecule is CC(CCCO)NC(=O)c1c(F)cccc1F. The van der Waals surface area contributed by atoms with Gasteiger partial charge in [0.05, 0.1) is 0 Å². The molecule has 1 aromatic rings. The number of amides is 1. The van der Waals surface area contributed by atoms with E-state index in [0.717, 1.165) is 12.1 Å². The second-order valence-corrected chi connectivity index (χ2v) is 3.84. The fraction of sp³-hybridized carbons (Fsp3) is 0.417. The molecule has 0 aromatic heterocycles.